The van der Waals surface area contributed by atoms with Gasteiger partial charge < -0.3 is 5.73 Å². The summed E-state index contributed by atoms with van der Waals surface area (Å²) in [7, 11) is 0. The van der Waals surface area contributed by atoms with E-state index in [0.717, 1.165) is 12.8 Å². The van der Waals surface area contributed by atoms with E-state index in [1.54, 1.807) is 0 Å². The van der Waals surface area contributed by atoms with E-state index in [1.165, 1.54) is 22.8 Å². The third-order valence-electron chi connectivity index (χ3n) is 2.46. The predicted octanol–water partition coefficient (Wildman–Crippen LogP) is 2.76. The first-order chi connectivity index (χ1) is 6.20. The van der Waals surface area contributed by atoms with E-state index in [2.05, 4.69) is 28.7 Å². The quantitative estimate of drug-likeness (QED) is 0.796. The second-order valence-electron chi connectivity index (χ2n) is 3.58. The molecule has 3 heteroatoms. The van der Waals surface area contributed by atoms with Gasteiger partial charge in [-0.1, -0.05) is 6.08 Å². The lowest BCUT2D eigenvalue weighted by atomic mass is 9.91. The smallest absolute Gasteiger partial charge is 0.217 e. The van der Waals surface area contributed by atoms with E-state index in [4.69, 9.17) is 5.73 Å². The molecule has 0 saturated carbocycles. The van der Waals surface area contributed by atoms with Crippen LogP contribution < -0.4 is 5.73 Å². The lowest BCUT2D eigenvalue weighted by molar-refractivity contribution is -0.118. The van der Waals surface area contributed by atoms with E-state index in [0.29, 0.717) is 12.3 Å². The monoisotopic (exact) mass is 293 g/mol. The summed E-state index contributed by atoms with van der Waals surface area (Å²) in [5, 5.41) is 0. The number of hydrogen-bond donors (Lipinski definition) is 1. The van der Waals surface area contributed by atoms with Gasteiger partial charge in [0.15, 0.2) is 0 Å². The molecule has 0 aromatic carbocycles. The first-order valence-corrected chi connectivity index (χ1v) is 5.92. The molecule has 0 aliphatic heterocycles. The van der Waals surface area contributed by atoms with Crippen LogP contribution in [0.25, 0.3) is 0 Å². The summed E-state index contributed by atoms with van der Waals surface area (Å²) in [6, 6.07) is 0. The van der Waals surface area contributed by atoms with Gasteiger partial charge in [-0.2, -0.15) is 0 Å². The predicted molar refractivity (Wildman–Crippen MR) is 62.5 cm³/mol. The van der Waals surface area contributed by atoms with Crippen molar-refractivity contribution in [2.24, 2.45) is 11.7 Å². The highest BCUT2D eigenvalue weighted by atomic mass is 127. The molecule has 0 bridgehead atoms. The Morgan fingerprint density at radius 3 is 3.08 bits per heavy atom. The molecule has 0 aromatic heterocycles. The van der Waals surface area contributed by atoms with Crippen LogP contribution in [0.4, 0.5) is 0 Å². The second-order valence-corrected chi connectivity index (χ2v) is 4.82. The SMILES string of the molecule is NC(=O)CCCC1CCCC=C1I. The van der Waals surface area contributed by atoms with Crippen molar-refractivity contribution in [3.63, 3.8) is 0 Å². The molecule has 2 N–H and O–H groups in total. The number of carbonyl (C=O) groups excluding carboxylic acids is 1. The average Bonchev–Trinajstić information content (AvgIpc) is 2.08. The zero-order valence-corrected chi connectivity index (χ0v) is 9.92. The average molecular weight is 293 g/mol. The second kappa shape index (κ2) is 5.62. The Balaban J connectivity index is 2.24. The van der Waals surface area contributed by atoms with Crippen LogP contribution in [0, 0.1) is 5.92 Å². The molecule has 0 aromatic rings. The summed E-state index contributed by atoms with van der Waals surface area (Å²) < 4.78 is 1.48. The standard InChI is InChI=1S/C10H16INO/c11-9-6-2-1-4-8(9)5-3-7-10(12)13/h6,8H,1-5,7H2,(H2,12,13). The molecule has 1 unspecified atom stereocenters. The zero-order valence-electron chi connectivity index (χ0n) is 7.76. The maximum Gasteiger partial charge on any atom is 0.217 e. The molecule has 1 rings (SSSR count). The Morgan fingerprint density at radius 1 is 1.69 bits per heavy atom. The molecular formula is C10H16INO. The van der Waals surface area contributed by atoms with E-state index in [1.807, 2.05) is 0 Å². The number of halogens is 1. The normalized spacial score (nSPS) is 22.5. The van der Waals surface area contributed by atoms with Gasteiger partial charge in [-0.05, 0) is 64.2 Å². The molecule has 13 heavy (non-hydrogen) atoms. The number of nitrogens with two attached hydrogens (primary N) is 1. The topological polar surface area (TPSA) is 43.1 Å². The van der Waals surface area contributed by atoms with Gasteiger partial charge in [0, 0.05) is 6.42 Å². The highest BCUT2D eigenvalue weighted by Gasteiger charge is 2.15. The zero-order chi connectivity index (χ0) is 9.68. The van der Waals surface area contributed by atoms with Gasteiger partial charge in [0.05, 0.1) is 0 Å². The molecular weight excluding hydrogens is 277 g/mol. The Bertz CT molecular complexity index is 213. The fraction of sp³-hybridized carbons (Fsp3) is 0.700. The number of rotatable bonds is 4. The molecule has 0 saturated heterocycles. The van der Waals surface area contributed by atoms with Crippen LogP contribution >= 0.6 is 22.6 Å². The maximum absolute atomic E-state index is 10.5. The van der Waals surface area contributed by atoms with Gasteiger partial charge in [0.2, 0.25) is 5.91 Å². The van der Waals surface area contributed by atoms with Crippen LogP contribution in [-0.2, 0) is 4.79 Å². The van der Waals surface area contributed by atoms with Crippen molar-refractivity contribution < 1.29 is 4.79 Å². The molecule has 74 valence electrons. The maximum atomic E-state index is 10.5. The fourth-order valence-electron chi connectivity index (χ4n) is 1.71. The summed E-state index contributed by atoms with van der Waals surface area (Å²) in [5.41, 5.74) is 5.09. The summed E-state index contributed by atoms with van der Waals surface area (Å²) in [6.45, 7) is 0. The lowest BCUT2D eigenvalue weighted by Gasteiger charge is -2.19. The van der Waals surface area contributed by atoms with E-state index in [-0.39, 0.29) is 5.91 Å². The van der Waals surface area contributed by atoms with E-state index < -0.39 is 0 Å². The summed E-state index contributed by atoms with van der Waals surface area (Å²) in [4.78, 5) is 10.5. The summed E-state index contributed by atoms with van der Waals surface area (Å²) >= 11 is 2.42. The first-order valence-electron chi connectivity index (χ1n) is 4.84. The fourth-order valence-corrected chi connectivity index (χ4v) is 2.65. The minimum Gasteiger partial charge on any atom is -0.370 e. The third kappa shape index (κ3) is 4.11. The van der Waals surface area contributed by atoms with Crippen LogP contribution in [0.5, 0.6) is 0 Å². The van der Waals surface area contributed by atoms with Gasteiger partial charge in [-0.3, -0.25) is 4.79 Å². The van der Waals surface area contributed by atoms with Crippen molar-refractivity contribution >= 4 is 28.5 Å². The highest BCUT2D eigenvalue weighted by molar-refractivity contribution is 14.1. The Labute approximate surface area is 93.1 Å². The molecule has 1 aliphatic rings. The van der Waals surface area contributed by atoms with Crippen molar-refractivity contribution in [1.82, 2.24) is 0 Å². The van der Waals surface area contributed by atoms with Gasteiger partial charge in [-0.15, -0.1) is 0 Å². The van der Waals surface area contributed by atoms with Crippen LogP contribution in [0.15, 0.2) is 9.66 Å². The minimum absolute atomic E-state index is 0.171. The van der Waals surface area contributed by atoms with Crippen molar-refractivity contribution in [3.8, 4) is 0 Å². The molecule has 0 heterocycles. The molecule has 1 amide bonds. The van der Waals surface area contributed by atoms with E-state index in [9.17, 15) is 4.79 Å². The van der Waals surface area contributed by atoms with Crippen LogP contribution in [0.1, 0.15) is 38.5 Å². The van der Waals surface area contributed by atoms with Crippen molar-refractivity contribution in [1.29, 1.82) is 0 Å². The third-order valence-corrected chi connectivity index (χ3v) is 3.78. The summed E-state index contributed by atoms with van der Waals surface area (Å²) in [6.07, 6.45) is 8.74. The first kappa shape index (κ1) is 11.0. The van der Waals surface area contributed by atoms with Crippen LogP contribution in [0.3, 0.4) is 0 Å². The highest BCUT2D eigenvalue weighted by Crippen LogP contribution is 2.32. The summed E-state index contributed by atoms with van der Waals surface area (Å²) in [5.74, 6) is 0.531. The lowest BCUT2D eigenvalue weighted by Crippen LogP contribution is -2.11. The van der Waals surface area contributed by atoms with Crippen molar-refractivity contribution in [3.05, 3.63) is 9.66 Å². The minimum atomic E-state index is -0.171. The Hall–Kier alpha value is -0.0600. The van der Waals surface area contributed by atoms with Gasteiger partial charge in [0.25, 0.3) is 0 Å². The van der Waals surface area contributed by atoms with Gasteiger partial charge in [0.1, 0.15) is 0 Å². The largest absolute Gasteiger partial charge is 0.370 e. The molecule has 0 radical (unpaired) electrons. The van der Waals surface area contributed by atoms with Crippen LogP contribution in [0.2, 0.25) is 0 Å². The number of allylic oxidation sites excluding steroid dienone is 2. The number of amides is 1. The van der Waals surface area contributed by atoms with Crippen LogP contribution in [-0.4, -0.2) is 5.91 Å². The van der Waals surface area contributed by atoms with E-state index >= 15 is 0 Å². The van der Waals surface area contributed by atoms with Crippen molar-refractivity contribution in [2.75, 3.05) is 0 Å². The molecule has 1 aliphatic carbocycles. The number of hydrogen-bond acceptors (Lipinski definition) is 1. The molecule has 1 atom stereocenters. The van der Waals surface area contributed by atoms with Crippen molar-refractivity contribution in [2.45, 2.75) is 38.5 Å². The Morgan fingerprint density at radius 2 is 2.46 bits per heavy atom. The number of carbonyl (C=O) groups is 1. The molecule has 2 nitrogen and oxygen atoms in total. The Kier molecular flexibility index (Phi) is 4.77. The number of primary amides is 1. The van der Waals surface area contributed by atoms with Gasteiger partial charge >= 0.3 is 0 Å². The molecule has 0 fully saturated rings. The van der Waals surface area contributed by atoms with Gasteiger partial charge in [-0.25, -0.2) is 0 Å². The molecule has 0 spiro atoms.